The van der Waals surface area contributed by atoms with E-state index in [0.717, 1.165) is 5.56 Å². The Balaban J connectivity index is 1.27. The number of hydrogen-bond acceptors (Lipinski definition) is 8. The van der Waals surface area contributed by atoms with E-state index < -0.39 is 28.7 Å². The van der Waals surface area contributed by atoms with Crippen molar-refractivity contribution >= 4 is 35.2 Å². The van der Waals surface area contributed by atoms with Gasteiger partial charge in [-0.2, -0.15) is 0 Å². The summed E-state index contributed by atoms with van der Waals surface area (Å²) in [7, 11) is 3.07. The molecule has 0 saturated heterocycles. The van der Waals surface area contributed by atoms with Crippen LogP contribution in [0.3, 0.4) is 0 Å². The minimum atomic E-state index is -0.844. The van der Waals surface area contributed by atoms with E-state index in [9.17, 15) is 9.59 Å². The maximum Gasteiger partial charge on any atom is 0.416 e. The number of halogens is 3. The van der Waals surface area contributed by atoms with Crippen LogP contribution in [0.15, 0.2) is 48.5 Å². The number of anilines is 2. The molecule has 2 N–H and O–H groups in total. The van der Waals surface area contributed by atoms with Crippen molar-refractivity contribution in [3.05, 3.63) is 93.1 Å². The summed E-state index contributed by atoms with van der Waals surface area (Å²) in [6, 6.07) is 12.5. The molecule has 2 aromatic heterocycles. The van der Waals surface area contributed by atoms with Gasteiger partial charge in [0.2, 0.25) is 0 Å². The second kappa shape index (κ2) is 12.5. The van der Waals surface area contributed by atoms with Gasteiger partial charge < -0.3 is 24.8 Å². The molecule has 4 heterocycles. The molecule has 0 spiro atoms. The predicted molar refractivity (Wildman–Crippen MR) is 181 cm³/mol. The number of methoxy groups -OCH3 is 2. The number of pyridine rings is 2. The number of amides is 2. The molecular formula is C36H36ClF2N5O5. The smallest absolute Gasteiger partial charge is 0.416 e. The number of nitrogen functional groups attached to an aromatic ring is 1. The zero-order chi connectivity index (χ0) is 35.4. The normalized spacial score (nSPS) is 16.9. The number of hydrogen-bond donors (Lipinski definition) is 1. The Morgan fingerprint density at radius 3 is 2.39 bits per heavy atom. The van der Waals surface area contributed by atoms with Crippen LogP contribution in [-0.4, -0.2) is 53.2 Å². The number of aromatic nitrogens is 2. The monoisotopic (exact) mass is 691 g/mol. The van der Waals surface area contributed by atoms with Gasteiger partial charge in [0.1, 0.15) is 40.4 Å². The van der Waals surface area contributed by atoms with Crippen molar-refractivity contribution in [1.82, 2.24) is 14.9 Å². The first-order valence-electron chi connectivity index (χ1n) is 15.6. The number of nitrogens with two attached hydrogens (primary N) is 1. The number of rotatable bonds is 7. The molecule has 1 atom stereocenters. The van der Waals surface area contributed by atoms with E-state index in [1.807, 2.05) is 6.92 Å². The molecule has 0 aliphatic carbocycles. The summed E-state index contributed by atoms with van der Waals surface area (Å²) >= 11 is 6.56. The molecule has 6 rings (SSSR count). The van der Waals surface area contributed by atoms with E-state index in [2.05, 4.69) is 9.97 Å². The van der Waals surface area contributed by atoms with Crippen LogP contribution in [0, 0.1) is 11.6 Å². The van der Waals surface area contributed by atoms with Crippen molar-refractivity contribution < 1.29 is 32.6 Å². The minimum Gasteiger partial charge on any atom is -0.497 e. The summed E-state index contributed by atoms with van der Waals surface area (Å²) in [4.78, 5) is 38.3. The highest BCUT2D eigenvalue weighted by molar-refractivity contribution is 6.34. The largest absolute Gasteiger partial charge is 0.497 e. The highest BCUT2D eigenvalue weighted by atomic mass is 35.5. The summed E-state index contributed by atoms with van der Waals surface area (Å²) in [5.74, 6) is -0.319. The van der Waals surface area contributed by atoms with Crippen LogP contribution in [0.2, 0.25) is 5.02 Å². The van der Waals surface area contributed by atoms with Crippen molar-refractivity contribution in [3.63, 3.8) is 0 Å². The van der Waals surface area contributed by atoms with Crippen molar-refractivity contribution in [2.45, 2.75) is 58.2 Å². The van der Waals surface area contributed by atoms with Gasteiger partial charge in [-0.05, 0) is 69.2 Å². The third kappa shape index (κ3) is 6.44. The summed E-state index contributed by atoms with van der Waals surface area (Å²) in [5, 5.41) is 0.0427. The van der Waals surface area contributed by atoms with E-state index in [1.54, 1.807) is 58.2 Å². The van der Waals surface area contributed by atoms with Gasteiger partial charge in [-0.25, -0.2) is 23.5 Å². The van der Waals surface area contributed by atoms with Crippen LogP contribution in [0.5, 0.6) is 11.5 Å². The third-order valence-corrected chi connectivity index (χ3v) is 8.92. The lowest BCUT2D eigenvalue weighted by Crippen LogP contribution is -2.40. The lowest BCUT2D eigenvalue weighted by Gasteiger charge is -2.27. The Morgan fingerprint density at radius 1 is 1.02 bits per heavy atom. The molecule has 49 heavy (non-hydrogen) atoms. The maximum atomic E-state index is 15.9. The van der Waals surface area contributed by atoms with Gasteiger partial charge in [0.05, 0.1) is 54.8 Å². The Bertz CT molecular complexity index is 1980. The molecule has 2 aliphatic rings. The number of carbonyl (C=O) groups excluding carboxylic acids is 2. The van der Waals surface area contributed by atoms with Crippen LogP contribution < -0.4 is 20.1 Å². The number of nitrogens with zero attached hydrogens (tertiary/aromatic N) is 4. The Hall–Kier alpha value is -4.97. The molecule has 2 aromatic carbocycles. The molecule has 2 aliphatic heterocycles. The molecule has 0 saturated carbocycles. The lowest BCUT2D eigenvalue weighted by atomic mass is 9.79. The standard InChI is InChI=1S/C36H36ClF2N5O5/c1-35(2,3)49-34(46)44-18-36(4,22-9-10-29(40)42-32(22)44)15-19-11-24(38)31(25(39)12-19)26-14-23(37)30-27(41-26)17-43(33(30)45)16-20-7-8-21(47-5)13-28(20)48-6/h7-14H,15-18H2,1-6H3,(H2,40,42). The van der Waals surface area contributed by atoms with Gasteiger partial charge in [-0.15, -0.1) is 0 Å². The summed E-state index contributed by atoms with van der Waals surface area (Å²) in [6.07, 6.45) is -0.418. The van der Waals surface area contributed by atoms with Gasteiger partial charge in [-0.3, -0.25) is 9.69 Å². The van der Waals surface area contributed by atoms with Crippen LogP contribution in [-0.2, 0) is 29.7 Å². The van der Waals surface area contributed by atoms with E-state index in [0.29, 0.717) is 34.1 Å². The molecule has 0 bridgehead atoms. The molecule has 0 fully saturated rings. The fourth-order valence-electron chi connectivity index (χ4n) is 6.45. The van der Waals surface area contributed by atoms with Crippen molar-refractivity contribution in [2.24, 2.45) is 0 Å². The highest BCUT2D eigenvalue weighted by Crippen LogP contribution is 2.44. The number of fused-ring (bicyclic) bond motifs is 2. The first kappa shape index (κ1) is 33.9. The van der Waals surface area contributed by atoms with Crippen LogP contribution in [0.25, 0.3) is 11.3 Å². The Morgan fingerprint density at radius 2 is 1.73 bits per heavy atom. The van der Waals surface area contributed by atoms with Crippen molar-refractivity contribution in [1.29, 1.82) is 0 Å². The van der Waals surface area contributed by atoms with Gasteiger partial charge in [-0.1, -0.05) is 24.6 Å². The summed E-state index contributed by atoms with van der Waals surface area (Å²) < 4.78 is 48.1. The summed E-state index contributed by atoms with van der Waals surface area (Å²) in [6.45, 7) is 7.62. The van der Waals surface area contributed by atoms with Crippen LogP contribution >= 0.6 is 11.6 Å². The van der Waals surface area contributed by atoms with E-state index in [-0.39, 0.29) is 59.6 Å². The van der Waals surface area contributed by atoms with Crippen molar-refractivity contribution in [2.75, 3.05) is 31.4 Å². The molecule has 256 valence electrons. The quantitative estimate of drug-likeness (QED) is 0.218. The second-order valence-electron chi connectivity index (χ2n) is 13.5. The first-order valence-corrected chi connectivity index (χ1v) is 15.9. The van der Waals surface area contributed by atoms with Crippen LogP contribution in [0.4, 0.5) is 25.2 Å². The molecule has 0 radical (unpaired) electrons. The Kier molecular flexibility index (Phi) is 8.64. The second-order valence-corrected chi connectivity index (χ2v) is 13.9. The van der Waals surface area contributed by atoms with Crippen LogP contribution in [0.1, 0.15) is 60.4 Å². The summed E-state index contributed by atoms with van der Waals surface area (Å²) in [5.41, 5.74) is 6.34. The molecule has 4 aromatic rings. The van der Waals surface area contributed by atoms with Gasteiger partial charge >= 0.3 is 6.09 Å². The molecule has 10 nitrogen and oxygen atoms in total. The minimum absolute atomic E-state index is 0.0322. The molecule has 2 amide bonds. The number of benzene rings is 2. The maximum absolute atomic E-state index is 15.9. The third-order valence-electron chi connectivity index (χ3n) is 8.62. The molecule has 1 unspecified atom stereocenters. The zero-order valence-corrected chi connectivity index (χ0v) is 28.7. The predicted octanol–water partition coefficient (Wildman–Crippen LogP) is 7.09. The van der Waals surface area contributed by atoms with Gasteiger partial charge in [0, 0.05) is 29.2 Å². The first-order chi connectivity index (χ1) is 23.1. The number of ether oxygens (including phenoxy) is 3. The average molecular weight is 692 g/mol. The van der Waals surface area contributed by atoms with Crippen molar-refractivity contribution in [3.8, 4) is 22.8 Å². The fourth-order valence-corrected chi connectivity index (χ4v) is 6.74. The van der Waals surface area contributed by atoms with Gasteiger partial charge in [0.15, 0.2) is 0 Å². The Labute approximate surface area is 287 Å². The number of carbonyl (C=O) groups is 2. The van der Waals surface area contributed by atoms with E-state index in [1.165, 1.54) is 35.1 Å². The molecular weight excluding hydrogens is 656 g/mol. The zero-order valence-electron chi connectivity index (χ0n) is 28.0. The topological polar surface area (TPSA) is 120 Å². The fraction of sp³-hybridized carbons (Fsp3) is 0.333. The highest BCUT2D eigenvalue weighted by Gasteiger charge is 2.44. The van der Waals surface area contributed by atoms with E-state index >= 15 is 8.78 Å². The average Bonchev–Trinajstić information content (AvgIpc) is 3.48. The SMILES string of the molecule is COc1ccc(CN2Cc3nc(-c4c(F)cc(CC5(C)CN(C(=O)OC(C)(C)C)c6nc(N)ccc65)cc4F)cc(Cl)c3C2=O)c(OC)c1. The lowest BCUT2D eigenvalue weighted by molar-refractivity contribution is 0.0577. The van der Waals surface area contributed by atoms with E-state index in [4.69, 9.17) is 31.5 Å². The molecule has 13 heteroatoms. The van der Waals surface area contributed by atoms with Gasteiger partial charge in [0.25, 0.3) is 5.91 Å².